The first kappa shape index (κ1) is 24.3. The van der Waals surface area contributed by atoms with E-state index in [-0.39, 0.29) is 30.2 Å². The number of imide groups is 1. The number of hydrazine groups is 1. The minimum absolute atomic E-state index is 0.150. The summed E-state index contributed by atoms with van der Waals surface area (Å²) in [5.74, 6) is -0.814. The van der Waals surface area contributed by atoms with E-state index in [2.05, 4.69) is 81.3 Å². The second-order valence-corrected chi connectivity index (χ2v) is 10.1. The average molecular weight is 510 g/mol. The van der Waals surface area contributed by atoms with Crippen LogP contribution < -0.4 is 10.7 Å². The monoisotopic (exact) mass is 509 g/mol. The van der Waals surface area contributed by atoms with Gasteiger partial charge >= 0.3 is 0 Å². The maximum atomic E-state index is 13.0. The zero-order valence-corrected chi connectivity index (χ0v) is 21.2. The van der Waals surface area contributed by atoms with Crippen molar-refractivity contribution in [2.75, 3.05) is 31.6 Å². The predicted molar refractivity (Wildman–Crippen MR) is 144 cm³/mol. The summed E-state index contributed by atoms with van der Waals surface area (Å²) in [6.45, 7) is 3.91. The van der Waals surface area contributed by atoms with Gasteiger partial charge in [-0.25, -0.2) is 5.01 Å². The fourth-order valence-electron chi connectivity index (χ4n) is 5.80. The molecule has 3 aliphatic heterocycles. The molecule has 0 radical (unpaired) electrons. The van der Waals surface area contributed by atoms with E-state index < -0.39 is 6.04 Å². The Morgan fingerprint density at radius 3 is 2.11 bits per heavy atom. The van der Waals surface area contributed by atoms with E-state index in [4.69, 9.17) is 0 Å². The predicted octanol–water partition coefficient (Wildman–Crippen LogP) is 3.18. The molecule has 0 spiro atoms. The van der Waals surface area contributed by atoms with Gasteiger partial charge in [0.15, 0.2) is 0 Å². The second-order valence-electron chi connectivity index (χ2n) is 10.1. The van der Waals surface area contributed by atoms with Crippen molar-refractivity contribution < 1.29 is 14.4 Å². The summed E-state index contributed by atoms with van der Waals surface area (Å²) in [5, 5.41) is 4.58. The molecule has 0 aromatic heterocycles. The minimum Gasteiger partial charge on any atom is -0.322 e. The Balaban J connectivity index is 1.11. The van der Waals surface area contributed by atoms with Crippen LogP contribution in [-0.2, 0) is 16.1 Å². The number of nitrogens with zero attached hydrogens (tertiary/aromatic N) is 3. The Bertz CT molecular complexity index is 1300. The zero-order valence-electron chi connectivity index (χ0n) is 21.2. The van der Waals surface area contributed by atoms with E-state index in [0.717, 1.165) is 37.4 Å². The van der Waals surface area contributed by atoms with Gasteiger partial charge in [-0.3, -0.25) is 24.6 Å². The number of benzene rings is 3. The summed E-state index contributed by atoms with van der Waals surface area (Å²) < 4.78 is 0. The van der Waals surface area contributed by atoms with Crippen molar-refractivity contribution in [1.29, 1.82) is 0 Å². The number of piperidine rings is 1. The number of hydrogen-bond acceptors (Lipinski definition) is 6. The highest BCUT2D eigenvalue weighted by atomic mass is 16.2. The lowest BCUT2D eigenvalue weighted by molar-refractivity contribution is -0.136. The molecular formula is C30H31N5O3. The van der Waals surface area contributed by atoms with Crippen LogP contribution in [0.5, 0.6) is 0 Å². The molecule has 3 aromatic rings. The molecule has 2 N–H and O–H groups in total. The molecule has 3 aliphatic rings. The van der Waals surface area contributed by atoms with Gasteiger partial charge in [0.1, 0.15) is 6.04 Å². The number of hydrogen-bond donors (Lipinski definition) is 2. The third-order valence-electron chi connectivity index (χ3n) is 7.72. The van der Waals surface area contributed by atoms with E-state index in [1.54, 1.807) is 4.90 Å². The summed E-state index contributed by atoms with van der Waals surface area (Å²) in [6, 6.07) is 26.7. The molecule has 0 bridgehead atoms. The molecule has 0 aliphatic carbocycles. The minimum atomic E-state index is -0.598. The van der Waals surface area contributed by atoms with Gasteiger partial charge < -0.3 is 10.3 Å². The van der Waals surface area contributed by atoms with Gasteiger partial charge in [0.25, 0.3) is 5.91 Å². The van der Waals surface area contributed by atoms with Crippen LogP contribution in [0.4, 0.5) is 5.69 Å². The van der Waals surface area contributed by atoms with Crippen LogP contribution in [-0.4, -0.2) is 64.8 Å². The summed E-state index contributed by atoms with van der Waals surface area (Å²) in [7, 11) is 0. The lowest BCUT2D eigenvalue weighted by Gasteiger charge is -2.40. The van der Waals surface area contributed by atoms with Crippen molar-refractivity contribution in [2.45, 2.75) is 31.5 Å². The lowest BCUT2D eigenvalue weighted by atomic mass is 9.96. The first-order chi connectivity index (χ1) is 18.6. The number of carbonyl (C=O) groups excluding carboxylic acids is 3. The normalized spacial score (nSPS) is 20.5. The maximum Gasteiger partial charge on any atom is 0.255 e. The third kappa shape index (κ3) is 4.80. The van der Waals surface area contributed by atoms with Crippen LogP contribution in [0.1, 0.15) is 45.9 Å². The zero-order chi connectivity index (χ0) is 26.1. The molecule has 2 fully saturated rings. The fourth-order valence-corrected chi connectivity index (χ4v) is 5.80. The van der Waals surface area contributed by atoms with Crippen molar-refractivity contribution in [3.8, 4) is 0 Å². The van der Waals surface area contributed by atoms with Gasteiger partial charge in [-0.1, -0.05) is 60.7 Å². The molecule has 1 unspecified atom stereocenters. The SMILES string of the molecule is O=C1CCC(N2Cc3cc(NN4CCN(C(c5ccccc5)c5ccccc5)CC4)ccc3C2=O)C(=O)N1. The van der Waals surface area contributed by atoms with Gasteiger partial charge in [-0.05, 0) is 41.3 Å². The first-order valence-corrected chi connectivity index (χ1v) is 13.2. The highest BCUT2D eigenvalue weighted by Gasteiger charge is 2.39. The number of fused-ring (bicyclic) bond motifs is 1. The largest absolute Gasteiger partial charge is 0.322 e. The van der Waals surface area contributed by atoms with Gasteiger partial charge in [-0.2, -0.15) is 0 Å². The molecule has 38 heavy (non-hydrogen) atoms. The quantitative estimate of drug-likeness (QED) is 0.497. The van der Waals surface area contributed by atoms with Crippen molar-refractivity contribution in [3.05, 3.63) is 101 Å². The average Bonchev–Trinajstić information content (AvgIpc) is 3.26. The Hall–Kier alpha value is -4.01. The van der Waals surface area contributed by atoms with Gasteiger partial charge in [0.05, 0.1) is 6.04 Å². The van der Waals surface area contributed by atoms with Crippen LogP contribution >= 0.6 is 0 Å². The van der Waals surface area contributed by atoms with Gasteiger partial charge in [0, 0.05) is 50.4 Å². The Kier molecular flexibility index (Phi) is 6.66. The fraction of sp³-hybridized carbons (Fsp3) is 0.300. The molecule has 8 heteroatoms. The molecule has 6 rings (SSSR count). The number of carbonyl (C=O) groups is 3. The summed E-state index contributed by atoms with van der Waals surface area (Å²) >= 11 is 0. The van der Waals surface area contributed by atoms with Crippen LogP contribution in [0.25, 0.3) is 0 Å². The maximum absolute atomic E-state index is 13.0. The molecule has 3 heterocycles. The van der Waals surface area contributed by atoms with Crippen LogP contribution in [0.2, 0.25) is 0 Å². The smallest absolute Gasteiger partial charge is 0.255 e. The van der Waals surface area contributed by atoms with Crippen molar-refractivity contribution in [3.63, 3.8) is 0 Å². The lowest BCUT2D eigenvalue weighted by Crippen LogP contribution is -2.52. The van der Waals surface area contributed by atoms with Crippen LogP contribution in [0.3, 0.4) is 0 Å². The molecule has 0 saturated carbocycles. The van der Waals surface area contributed by atoms with Crippen LogP contribution in [0, 0.1) is 0 Å². The van der Waals surface area contributed by atoms with E-state index in [1.165, 1.54) is 11.1 Å². The van der Waals surface area contributed by atoms with Crippen molar-refractivity contribution in [2.24, 2.45) is 0 Å². The highest BCUT2D eigenvalue weighted by Crippen LogP contribution is 2.31. The summed E-state index contributed by atoms with van der Waals surface area (Å²) in [6.07, 6.45) is 0.622. The Morgan fingerprint density at radius 1 is 0.816 bits per heavy atom. The second kappa shape index (κ2) is 10.4. The molecule has 8 nitrogen and oxygen atoms in total. The number of anilines is 1. The summed E-state index contributed by atoms with van der Waals surface area (Å²) in [4.78, 5) is 40.9. The first-order valence-electron chi connectivity index (χ1n) is 13.2. The Morgan fingerprint density at radius 2 is 1.47 bits per heavy atom. The van der Waals surface area contributed by atoms with Crippen molar-refractivity contribution >= 4 is 23.4 Å². The van der Waals surface area contributed by atoms with E-state index >= 15 is 0 Å². The topological polar surface area (TPSA) is 85.0 Å². The molecule has 2 saturated heterocycles. The number of piperazine rings is 1. The highest BCUT2D eigenvalue weighted by molar-refractivity contribution is 6.05. The number of rotatable bonds is 6. The van der Waals surface area contributed by atoms with Crippen molar-refractivity contribution in [1.82, 2.24) is 20.1 Å². The standard InChI is InChI=1S/C30H31N5O3/c36-27-14-13-26(29(37)31-27)35-20-23-19-24(11-12-25(23)30(35)38)32-34-17-15-33(16-18-34)28(21-7-3-1-4-8-21)22-9-5-2-6-10-22/h1-12,19,26,28,32H,13-18,20H2,(H,31,36,37). The van der Waals surface area contributed by atoms with E-state index in [9.17, 15) is 14.4 Å². The van der Waals surface area contributed by atoms with E-state index in [1.807, 2.05) is 18.2 Å². The summed E-state index contributed by atoms with van der Waals surface area (Å²) in [5.41, 5.74) is 8.57. The third-order valence-corrected chi connectivity index (χ3v) is 7.72. The van der Waals surface area contributed by atoms with Gasteiger partial charge in [0.2, 0.25) is 11.8 Å². The van der Waals surface area contributed by atoms with E-state index in [0.29, 0.717) is 18.5 Å². The Labute approximate surface area is 222 Å². The number of amides is 3. The molecule has 1 atom stereocenters. The molecule has 194 valence electrons. The molecule has 3 aromatic carbocycles. The molecule has 3 amide bonds. The molecular weight excluding hydrogens is 478 g/mol. The van der Waals surface area contributed by atoms with Crippen LogP contribution in [0.15, 0.2) is 78.9 Å². The van der Waals surface area contributed by atoms with Gasteiger partial charge in [-0.15, -0.1) is 0 Å². The number of nitrogens with one attached hydrogen (secondary N) is 2.